The summed E-state index contributed by atoms with van der Waals surface area (Å²) in [5.74, 6) is 1.49. The van der Waals surface area contributed by atoms with Crippen LogP contribution in [0, 0.1) is 6.92 Å². The highest BCUT2D eigenvalue weighted by Crippen LogP contribution is 2.34. The smallest absolute Gasteiger partial charge is 0.137 e. The normalized spacial score (nSPS) is 25.2. The maximum absolute atomic E-state index is 6.31. The van der Waals surface area contributed by atoms with Crippen LogP contribution in [0.4, 0.5) is 0 Å². The van der Waals surface area contributed by atoms with Crippen LogP contribution in [0.2, 0.25) is 0 Å². The highest BCUT2D eigenvalue weighted by molar-refractivity contribution is 5.81. The third kappa shape index (κ3) is 2.05. The molecule has 2 heteroatoms. The molecule has 0 bridgehead atoms. The average molecular weight is 243 g/mol. The van der Waals surface area contributed by atoms with Crippen LogP contribution < -0.4 is 5.73 Å². The molecule has 1 saturated carbocycles. The van der Waals surface area contributed by atoms with Crippen molar-refractivity contribution in [1.29, 1.82) is 0 Å². The lowest BCUT2D eigenvalue weighted by Crippen LogP contribution is -2.26. The number of para-hydroxylation sites is 1. The summed E-state index contributed by atoms with van der Waals surface area (Å²) in [5.41, 5.74) is 8.55. The van der Waals surface area contributed by atoms with Crippen molar-refractivity contribution in [1.82, 2.24) is 0 Å². The Balaban J connectivity index is 2.00. The molecule has 2 N–H and O–H groups in total. The molecular weight excluding hydrogens is 222 g/mol. The number of rotatable bonds is 1. The first-order chi connectivity index (χ1) is 8.75. The first kappa shape index (κ1) is 11.8. The van der Waals surface area contributed by atoms with Gasteiger partial charge in [0.05, 0.1) is 0 Å². The Bertz CT molecular complexity index is 543. The Morgan fingerprint density at radius 2 is 2.00 bits per heavy atom. The monoisotopic (exact) mass is 243 g/mol. The van der Waals surface area contributed by atoms with E-state index < -0.39 is 0 Å². The van der Waals surface area contributed by atoms with Crippen LogP contribution in [0.15, 0.2) is 28.7 Å². The van der Waals surface area contributed by atoms with Crippen molar-refractivity contribution in [2.24, 2.45) is 5.73 Å². The number of fused-ring (bicyclic) bond motifs is 1. The van der Waals surface area contributed by atoms with E-state index in [9.17, 15) is 0 Å². The average Bonchev–Trinajstić information content (AvgIpc) is 2.67. The predicted molar refractivity (Wildman–Crippen MR) is 74.8 cm³/mol. The van der Waals surface area contributed by atoms with Gasteiger partial charge in [-0.3, -0.25) is 0 Å². The molecule has 0 radical (unpaired) electrons. The van der Waals surface area contributed by atoms with Gasteiger partial charge in [-0.25, -0.2) is 0 Å². The van der Waals surface area contributed by atoms with E-state index in [-0.39, 0.29) is 6.04 Å². The topological polar surface area (TPSA) is 39.2 Å². The van der Waals surface area contributed by atoms with Crippen molar-refractivity contribution in [2.75, 3.05) is 0 Å². The molecule has 0 aliphatic heterocycles. The number of hydrogen-bond donors (Lipinski definition) is 1. The molecule has 1 aromatic carbocycles. The van der Waals surface area contributed by atoms with Gasteiger partial charge in [-0.15, -0.1) is 0 Å². The van der Waals surface area contributed by atoms with Crippen LogP contribution in [0.5, 0.6) is 0 Å². The molecule has 2 nitrogen and oxygen atoms in total. The molecule has 0 saturated heterocycles. The minimum absolute atomic E-state index is 0.258. The zero-order valence-corrected chi connectivity index (χ0v) is 11.0. The number of benzene rings is 1. The molecule has 3 rings (SSSR count). The Morgan fingerprint density at radius 3 is 2.83 bits per heavy atom. The van der Waals surface area contributed by atoms with Gasteiger partial charge in [-0.05, 0) is 31.4 Å². The van der Waals surface area contributed by atoms with Gasteiger partial charge < -0.3 is 10.2 Å². The zero-order chi connectivity index (χ0) is 12.5. The standard InChI is InChI=1S/C16H21NO/c1-11-6-5-7-12-10-15(18-16(11)12)13-8-3-2-4-9-14(13)17/h5-7,10,13-14H,2-4,8-9,17H2,1H3. The molecule has 2 atom stereocenters. The molecule has 1 aromatic heterocycles. The van der Waals surface area contributed by atoms with Crippen molar-refractivity contribution in [3.8, 4) is 0 Å². The minimum Gasteiger partial charge on any atom is -0.460 e. The van der Waals surface area contributed by atoms with Crippen molar-refractivity contribution in [3.63, 3.8) is 0 Å². The van der Waals surface area contributed by atoms with E-state index in [4.69, 9.17) is 10.2 Å². The van der Waals surface area contributed by atoms with E-state index in [0.29, 0.717) is 5.92 Å². The van der Waals surface area contributed by atoms with Gasteiger partial charge >= 0.3 is 0 Å². The second kappa shape index (κ2) is 4.77. The minimum atomic E-state index is 0.258. The van der Waals surface area contributed by atoms with E-state index in [0.717, 1.165) is 17.8 Å². The maximum atomic E-state index is 6.31. The van der Waals surface area contributed by atoms with E-state index >= 15 is 0 Å². The highest BCUT2D eigenvalue weighted by Gasteiger charge is 2.25. The lowest BCUT2D eigenvalue weighted by molar-refractivity contribution is 0.417. The van der Waals surface area contributed by atoms with E-state index in [2.05, 4.69) is 31.2 Å². The molecule has 18 heavy (non-hydrogen) atoms. The molecule has 2 unspecified atom stereocenters. The third-order valence-corrected chi connectivity index (χ3v) is 4.19. The molecule has 2 aromatic rings. The lowest BCUT2D eigenvalue weighted by Gasteiger charge is -2.18. The molecule has 1 heterocycles. The van der Waals surface area contributed by atoms with Crippen LogP contribution >= 0.6 is 0 Å². The van der Waals surface area contributed by atoms with Gasteiger partial charge in [0.2, 0.25) is 0 Å². The van der Waals surface area contributed by atoms with Gasteiger partial charge in [0.25, 0.3) is 0 Å². The largest absolute Gasteiger partial charge is 0.460 e. The van der Waals surface area contributed by atoms with Crippen molar-refractivity contribution >= 4 is 11.0 Å². The number of aryl methyl sites for hydroxylation is 1. The number of hydrogen-bond acceptors (Lipinski definition) is 2. The van der Waals surface area contributed by atoms with Gasteiger partial charge in [-0.2, -0.15) is 0 Å². The van der Waals surface area contributed by atoms with Crippen molar-refractivity contribution < 1.29 is 4.42 Å². The van der Waals surface area contributed by atoms with Crippen molar-refractivity contribution in [2.45, 2.75) is 51.0 Å². The fourth-order valence-corrected chi connectivity index (χ4v) is 3.10. The third-order valence-electron chi connectivity index (χ3n) is 4.19. The first-order valence-corrected chi connectivity index (χ1v) is 7.00. The summed E-state index contributed by atoms with van der Waals surface area (Å²) in [6, 6.07) is 8.76. The van der Waals surface area contributed by atoms with Gasteiger partial charge in [-0.1, -0.05) is 37.5 Å². The lowest BCUT2D eigenvalue weighted by atomic mass is 9.93. The zero-order valence-electron chi connectivity index (χ0n) is 11.0. The fraction of sp³-hybridized carbons (Fsp3) is 0.500. The summed E-state index contributed by atoms with van der Waals surface area (Å²) >= 11 is 0. The SMILES string of the molecule is Cc1cccc2cc(C3CCCCCC3N)oc12. The van der Waals surface area contributed by atoms with Crippen LogP contribution in [0.25, 0.3) is 11.0 Å². The fourth-order valence-electron chi connectivity index (χ4n) is 3.10. The van der Waals surface area contributed by atoms with Crippen LogP contribution in [0.3, 0.4) is 0 Å². The van der Waals surface area contributed by atoms with Crippen LogP contribution in [-0.4, -0.2) is 6.04 Å². The Morgan fingerprint density at radius 1 is 1.17 bits per heavy atom. The Hall–Kier alpha value is -1.28. The molecular formula is C16H21NO. The Labute approximate surface area is 108 Å². The van der Waals surface area contributed by atoms with Gasteiger partial charge in [0, 0.05) is 17.3 Å². The summed E-state index contributed by atoms with van der Waals surface area (Å²) in [5, 5.41) is 1.21. The van der Waals surface area contributed by atoms with E-state index in [1.807, 2.05) is 0 Å². The summed E-state index contributed by atoms with van der Waals surface area (Å²) in [6.45, 7) is 2.10. The number of furan rings is 1. The summed E-state index contributed by atoms with van der Waals surface area (Å²) in [4.78, 5) is 0. The van der Waals surface area contributed by atoms with E-state index in [1.165, 1.54) is 36.6 Å². The second-order valence-corrected chi connectivity index (χ2v) is 5.55. The number of nitrogens with two attached hydrogens (primary N) is 1. The summed E-state index contributed by atoms with van der Waals surface area (Å²) in [7, 11) is 0. The maximum Gasteiger partial charge on any atom is 0.137 e. The molecule has 96 valence electrons. The van der Waals surface area contributed by atoms with Crippen LogP contribution in [-0.2, 0) is 0 Å². The van der Waals surface area contributed by atoms with Crippen LogP contribution in [0.1, 0.15) is 49.3 Å². The molecule has 0 spiro atoms. The Kier molecular flexibility index (Phi) is 3.13. The second-order valence-electron chi connectivity index (χ2n) is 5.55. The molecule has 1 aliphatic rings. The van der Waals surface area contributed by atoms with Gasteiger partial charge in [0.1, 0.15) is 11.3 Å². The summed E-state index contributed by atoms with van der Waals surface area (Å²) in [6.07, 6.45) is 6.13. The predicted octanol–water partition coefficient (Wildman–Crippen LogP) is 4.12. The molecule has 1 aliphatic carbocycles. The quantitative estimate of drug-likeness (QED) is 0.765. The molecule has 0 amide bonds. The van der Waals surface area contributed by atoms with E-state index in [1.54, 1.807) is 0 Å². The molecule has 1 fully saturated rings. The summed E-state index contributed by atoms with van der Waals surface area (Å²) < 4.78 is 6.08. The van der Waals surface area contributed by atoms with Gasteiger partial charge in [0.15, 0.2) is 0 Å². The highest BCUT2D eigenvalue weighted by atomic mass is 16.3. The van der Waals surface area contributed by atoms with Crippen molar-refractivity contribution in [3.05, 3.63) is 35.6 Å². The first-order valence-electron chi connectivity index (χ1n) is 7.00.